The summed E-state index contributed by atoms with van der Waals surface area (Å²) in [6.07, 6.45) is 4.70. The largest absolute Gasteiger partial charge is 0.461 e. The normalized spacial score (nSPS) is 27.9. The minimum atomic E-state index is -0.855. The van der Waals surface area contributed by atoms with Crippen molar-refractivity contribution in [2.75, 3.05) is 13.2 Å². The Balaban J connectivity index is 2.08. The average Bonchev–Trinajstić information content (AvgIpc) is 2.40. The maximum atomic E-state index is 11.6. The number of carbonyl (C=O) groups excluding carboxylic acids is 1. The lowest BCUT2D eigenvalue weighted by atomic mass is 10.1. The van der Waals surface area contributed by atoms with Crippen LogP contribution >= 0.6 is 0 Å². The Kier molecular flexibility index (Phi) is 4.33. The molecule has 0 amide bonds. The first-order valence-corrected chi connectivity index (χ1v) is 6.24. The molecule has 0 bridgehead atoms. The third-order valence-corrected chi connectivity index (χ3v) is 2.86. The van der Waals surface area contributed by atoms with Gasteiger partial charge in [0.15, 0.2) is 11.9 Å². The van der Waals surface area contributed by atoms with Crippen LogP contribution in [0.25, 0.3) is 0 Å². The number of hydrazone groups is 1. The van der Waals surface area contributed by atoms with E-state index in [1.807, 2.05) is 0 Å². The first-order valence-electron chi connectivity index (χ1n) is 6.24. The van der Waals surface area contributed by atoms with Crippen LogP contribution in [0.4, 0.5) is 0 Å². The van der Waals surface area contributed by atoms with Gasteiger partial charge in [0.05, 0.1) is 6.61 Å². The topological polar surface area (TPSA) is 71.4 Å². The third-order valence-electron chi connectivity index (χ3n) is 2.86. The van der Waals surface area contributed by atoms with Crippen LogP contribution in [-0.4, -0.2) is 47.5 Å². The number of nitrogens with zero attached hydrogens (tertiary/aromatic N) is 2. The fraction of sp³-hybridized carbons (Fsp3) is 0.667. The number of rotatable bonds is 3. The fourth-order valence-electron chi connectivity index (χ4n) is 1.96. The number of aliphatic hydroxyl groups excluding tert-OH is 1. The summed E-state index contributed by atoms with van der Waals surface area (Å²) in [4.78, 5) is 11.6. The summed E-state index contributed by atoms with van der Waals surface area (Å²) in [5, 5.41) is 15.4. The number of hydrogen-bond donors (Lipinski definition) is 1. The number of aliphatic hydroxyl groups is 1. The minimum absolute atomic E-state index is 0.191. The van der Waals surface area contributed by atoms with Gasteiger partial charge < -0.3 is 14.6 Å². The van der Waals surface area contributed by atoms with Crippen molar-refractivity contribution < 1.29 is 19.4 Å². The Bertz CT molecular complexity index is 361. The van der Waals surface area contributed by atoms with Crippen LogP contribution in [0.2, 0.25) is 0 Å². The van der Waals surface area contributed by atoms with Crippen LogP contribution in [-0.2, 0) is 14.3 Å². The zero-order chi connectivity index (χ0) is 13.0. The molecule has 6 heteroatoms. The molecule has 2 aliphatic heterocycles. The summed E-state index contributed by atoms with van der Waals surface area (Å²) in [6.45, 7) is 2.69. The predicted octanol–water partition coefficient (Wildman–Crippen LogP) is 0.622. The van der Waals surface area contributed by atoms with Gasteiger partial charge in [-0.05, 0) is 38.3 Å². The zero-order valence-electron chi connectivity index (χ0n) is 10.4. The van der Waals surface area contributed by atoms with Crippen LogP contribution in [0.15, 0.2) is 17.3 Å². The fourth-order valence-corrected chi connectivity index (χ4v) is 1.96. The Morgan fingerprint density at radius 3 is 3.17 bits per heavy atom. The molecule has 0 aromatic carbocycles. The Hall–Kier alpha value is -1.40. The standard InChI is InChI=1S/C12H18N2O4/c1-2-17-12(16)9-6-7-10(15)14(13-9)11-5-3-4-8-18-11/h6-7,10-11,15H,2-5,8H2,1H3. The third kappa shape index (κ3) is 2.88. The van der Waals surface area contributed by atoms with Crippen LogP contribution in [0.1, 0.15) is 26.2 Å². The molecule has 100 valence electrons. The van der Waals surface area contributed by atoms with Crippen molar-refractivity contribution in [2.24, 2.45) is 5.10 Å². The number of esters is 1. The summed E-state index contributed by atoms with van der Waals surface area (Å²) < 4.78 is 10.4. The zero-order valence-corrected chi connectivity index (χ0v) is 10.4. The molecule has 0 spiro atoms. The minimum Gasteiger partial charge on any atom is -0.461 e. The maximum absolute atomic E-state index is 11.6. The molecule has 2 heterocycles. The van der Waals surface area contributed by atoms with Gasteiger partial charge in [0.2, 0.25) is 0 Å². The molecule has 1 saturated heterocycles. The lowest BCUT2D eigenvalue weighted by Gasteiger charge is -2.35. The van der Waals surface area contributed by atoms with Gasteiger partial charge in [-0.3, -0.25) is 0 Å². The van der Waals surface area contributed by atoms with E-state index in [1.54, 1.807) is 6.92 Å². The molecule has 2 atom stereocenters. The van der Waals surface area contributed by atoms with E-state index in [0.717, 1.165) is 19.3 Å². The first-order chi connectivity index (χ1) is 8.72. The molecular formula is C12H18N2O4. The smallest absolute Gasteiger partial charge is 0.358 e. The van der Waals surface area contributed by atoms with Crippen LogP contribution < -0.4 is 0 Å². The van der Waals surface area contributed by atoms with Gasteiger partial charge in [0, 0.05) is 6.61 Å². The molecule has 6 nitrogen and oxygen atoms in total. The average molecular weight is 254 g/mol. The molecule has 0 saturated carbocycles. The predicted molar refractivity (Wildman–Crippen MR) is 64.6 cm³/mol. The SMILES string of the molecule is CCOC(=O)C1=NN(C2CCCCO2)C(O)C=C1. The Morgan fingerprint density at radius 1 is 1.67 bits per heavy atom. The monoisotopic (exact) mass is 254 g/mol. The summed E-state index contributed by atoms with van der Waals surface area (Å²) in [7, 11) is 0. The van der Waals surface area contributed by atoms with Gasteiger partial charge >= 0.3 is 5.97 Å². The molecule has 1 fully saturated rings. The second-order valence-electron chi connectivity index (χ2n) is 4.18. The van der Waals surface area contributed by atoms with Gasteiger partial charge in [0.25, 0.3) is 0 Å². The Labute approximate surface area is 106 Å². The van der Waals surface area contributed by atoms with Gasteiger partial charge in [-0.1, -0.05) is 0 Å². The molecule has 1 N–H and O–H groups in total. The quantitative estimate of drug-likeness (QED) is 0.748. The molecule has 0 radical (unpaired) electrons. The van der Waals surface area contributed by atoms with Crippen molar-refractivity contribution in [1.82, 2.24) is 5.01 Å². The molecule has 2 unspecified atom stereocenters. The highest BCUT2D eigenvalue weighted by Crippen LogP contribution is 2.21. The van der Waals surface area contributed by atoms with Gasteiger partial charge in [0.1, 0.15) is 6.23 Å². The van der Waals surface area contributed by atoms with Crippen LogP contribution in [0.5, 0.6) is 0 Å². The van der Waals surface area contributed by atoms with E-state index in [-0.39, 0.29) is 11.9 Å². The van der Waals surface area contributed by atoms with E-state index in [9.17, 15) is 9.90 Å². The van der Waals surface area contributed by atoms with Gasteiger partial charge in [-0.15, -0.1) is 0 Å². The number of carbonyl (C=O) groups is 1. The van der Waals surface area contributed by atoms with E-state index in [0.29, 0.717) is 13.2 Å². The summed E-state index contributed by atoms with van der Waals surface area (Å²) in [5.74, 6) is -0.485. The van der Waals surface area contributed by atoms with Crippen LogP contribution in [0.3, 0.4) is 0 Å². The van der Waals surface area contributed by atoms with E-state index in [1.165, 1.54) is 17.2 Å². The molecular weight excluding hydrogens is 236 g/mol. The summed E-state index contributed by atoms with van der Waals surface area (Å²) >= 11 is 0. The second kappa shape index (κ2) is 5.97. The van der Waals surface area contributed by atoms with E-state index < -0.39 is 12.2 Å². The van der Waals surface area contributed by atoms with Gasteiger partial charge in [-0.25, -0.2) is 9.80 Å². The number of hydrogen-bond acceptors (Lipinski definition) is 6. The Morgan fingerprint density at radius 2 is 2.50 bits per heavy atom. The van der Waals surface area contributed by atoms with Crippen LogP contribution in [0, 0.1) is 0 Å². The van der Waals surface area contributed by atoms with Crippen molar-refractivity contribution in [3.8, 4) is 0 Å². The highest BCUT2D eigenvalue weighted by atomic mass is 16.5. The van der Waals surface area contributed by atoms with Crippen molar-refractivity contribution in [2.45, 2.75) is 38.6 Å². The number of ether oxygens (including phenoxy) is 2. The lowest BCUT2D eigenvalue weighted by Crippen LogP contribution is -2.44. The summed E-state index contributed by atoms with van der Waals surface area (Å²) in [5.41, 5.74) is 0.191. The van der Waals surface area contributed by atoms with Crippen molar-refractivity contribution in [3.05, 3.63) is 12.2 Å². The second-order valence-corrected chi connectivity index (χ2v) is 4.18. The summed E-state index contributed by atoms with van der Waals surface area (Å²) in [6, 6.07) is 0. The van der Waals surface area contributed by atoms with Crippen molar-refractivity contribution >= 4 is 11.7 Å². The lowest BCUT2D eigenvalue weighted by molar-refractivity contribution is -0.139. The van der Waals surface area contributed by atoms with Gasteiger partial charge in [-0.2, -0.15) is 5.10 Å². The first kappa shape index (κ1) is 13.0. The molecule has 0 aliphatic carbocycles. The van der Waals surface area contributed by atoms with Crippen molar-refractivity contribution in [1.29, 1.82) is 0 Å². The molecule has 0 aromatic heterocycles. The highest BCUT2D eigenvalue weighted by molar-refractivity contribution is 6.41. The molecule has 0 aromatic rings. The van der Waals surface area contributed by atoms with E-state index in [4.69, 9.17) is 9.47 Å². The molecule has 2 rings (SSSR count). The molecule has 18 heavy (non-hydrogen) atoms. The molecule has 2 aliphatic rings. The van der Waals surface area contributed by atoms with Crippen molar-refractivity contribution in [3.63, 3.8) is 0 Å². The highest BCUT2D eigenvalue weighted by Gasteiger charge is 2.29. The van der Waals surface area contributed by atoms with E-state index in [2.05, 4.69) is 5.10 Å². The van der Waals surface area contributed by atoms with E-state index >= 15 is 0 Å². The maximum Gasteiger partial charge on any atom is 0.358 e.